The van der Waals surface area contributed by atoms with Crippen LogP contribution >= 0.6 is 23.2 Å². The molecule has 9 heteroatoms. The molecule has 0 unspecified atom stereocenters. The molecule has 0 spiro atoms. The molecule has 0 saturated carbocycles. The number of hydrogen-bond donors (Lipinski definition) is 0. The number of aliphatic imine (C=N–C) groups is 2. The van der Waals surface area contributed by atoms with Gasteiger partial charge in [-0.1, -0.05) is 53.5 Å². The zero-order valence-electron chi connectivity index (χ0n) is 25.3. The van der Waals surface area contributed by atoms with Crippen LogP contribution in [0.15, 0.2) is 88.8 Å². The highest BCUT2D eigenvalue weighted by atomic mass is 35.5. The Bertz CT molecular complexity index is 1550. The van der Waals surface area contributed by atoms with Gasteiger partial charge in [0, 0.05) is 39.3 Å². The molecule has 0 aliphatic carbocycles. The van der Waals surface area contributed by atoms with E-state index >= 15 is 0 Å². The van der Waals surface area contributed by atoms with E-state index in [1.54, 1.807) is 36.9 Å². The first kappa shape index (κ1) is 33.4. The fraction of sp³-hybridized carbons (Fsp3) is 0.235. The molecule has 6 nitrogen and oxygen atoms in total. The molecule has 0 fully saturated rings. The van der Waals surface area contributed by atoms with E-state index in [1.165, 1.54) is 6.07 Å². The van der Waals surface area contributed by atoms with Crippen LogP contribution in [0.2, 0.25) is 10.0 Å². The predicted molar refractivity (Wildman–Crippen MR) is 178 cm³/mol. The Hall–Kier alpha value is -4.07. The van der Waals surface area contributed by atoms with E-state index in [0.717, 1.165) is 41.4 Å². The molecule has 4 aromatic carbocycles. The Labute approximate surface area is 264 Å². The Balaban J connectivity index is 0.000000236. The Kier molecular flexibility index (Phi) is 12.9. The van der Waals surface area contributed by atoms with Crippen LogP contribution < -0.4 is 9.47 Å². The zero-order chi connectivity index (χ0) is 31.4. The molecule has 0 radical (unpaired) electrons. The maximum absolute atomic E-state index is 13.6. The SMILES string of the molecule is CCN(C)/C=N\c1cc(C)c(Oc2ccccc2)cc1Cl.CCN(C)/C=N\c1cc(C)c(Oc2ccccc2F)cc1Cl. The van der Waals surface area contributed by atoms with Crippen LogP contribution in [0, 0.1) is 19.7 Å². The van der Waals surface area contributed by atoms with Crippen LogP contribution in [0.4, 0.5) is 15.8 Å². The minimum absolute atomic E-state index is 0.170. The number of para-hydroxylation sites is 2. The van der Waals surface area contributed by atoms with Crippen molar-refractivity contribution in [1.82, 2.24) is 9.80 Å². The molecule has 0 saturated heterocycles. The minimum Gasteiger partial charge on any atom is -0.457 e. The first-order valence-electron chi connectivity index (χ1n) is 13.9. The Morgan fingerprint density at radius 2 is 1.14 bits per heavy atom. The number of aryl methyl sites for hydroxylation is 2. The molecule has 0 atom stereocenters. The lowest BCUT2D eigenvalue weighted by Crippen LogP contribution is -2.14. The van der Waals surface area contributed by atoms with Crippen LogP contribution in [-0.2, 0) is 0 Å². The lowest BCUT2D eigenvalue weighted by molar-refractivity contribution is 0.439. The molecular formula is C34H37Cl2FN4O2. The van der Waals surface area contributed by atoms with Crippen molar-refractivity contribution in [3.05, 3.63) is 106 Å². The van der Waals surface area contributed by atoms with Gasteiger partial charge in [0.05, 0.1) is 34.1 Å². The van der Waals surface area contributed by atoms with Crippen molar-refractivity contribution in [3.63, 3.8) is 0 Å². The number of hydrogen-bond acceptors (Lipinski definition) is 4. The highest BCUT2D eigenvalue weighted by Crippen LogP contribution is 2.36. The van der Waals surface area contributed by atoms with E-state index in [-0.39, 0.29) is 5.75 Å². The van der Waals surface area contributed by atoms with Gasteiger partial charge in [-0.15, -0.1) is 0 Å². The van der Waals surface area contributed by atoms with Gasteiger partial charge >= 0.3 is 0 Å². The zero-order valence-corrected chi connectivity index (χ0v) is 26.8. The number of halogens is 3. The fourth-order valence-electron chi connectivity index (χ4n) is 3.46. The first-order chi connectivity index (χ1) is 20.6. The van der Waals surface area contributed by atoms with E-state index in [0.29, 0.717) is 21.5 Å². The standard InChI is InChI=1S/C17H18ClFN2O.C17H19ClN2O/c1-4-21(3)11-20-15-9-12(2)17(10-13(15)18)22-16-8-6-5-7-14(16)19;1-4-20(3)12-19-16-10-13(2)17(11-15(16)18)21-14-8-6-5-7-9-14/h5-11H,4H2,1-3H3;5-12H,4H2,1-3H3/b20-11-;19-12-. The van der Waals surface area contributed by atoms with Crippen molar-refractivity contribution >= 4 is 47.3 Å². The molecule has 0 aliphatic heterocycles. The van der Waals surface area contributed by atoms with Gasteiger partial charge in [-0.25, -0.2) is 14.4 Å². The van der Waals surface area contributed by atoms with Gasteiger partial charge in [0.2, 0.25) is 0 Å². The number of nitrogens with zero attached hydrogens (tertiary/aromatic N) is 4. The largest absolute Gasteiger partial charge is 0.457 e. The Morgan fingerprint density at radius 1 is 0.674 bits per heavy atom. The second-order valence-electron chi connectivity index (χ2n) is 9.72. The molecule has 4 rings (SSSR count). The van der Waals surface area contributed by atoms with E-state index in [4.69, 9.17) is 32.7 Å². The fourth-order valence-corrected chi connectivity index (χ4v) is 3.87. The van der Waals surface area contributed by atoms with Gasteiger partial charge in [0.15, 0.2) is 11.6 Å². The van der Waals surface area contributed by atoms with Gasteiger partial charge in [-0.3, -0.25) is 0 Å². The van der Waals surface area contributed by atoms with Gasteiger partial charge in [-0.05, 0) is 75.2 Å². The molecular weight excluding hydrogens is 586 g/mol. The van der Waals surface area contributed by atoms with Gasteiger partial charge < -0.3 is 19.3 Å². The van der Waals surface area contributed by atoms with Crippen LogP contribution in [-0.4, -0.2) is 49.7 Å². The summed E-state index contributed by atoms with van der Waals surface area (Å²) in [6.07, 6.45) is 3.50. The van der Waals surface area contributed by atoms with E-state index < -0.39 is 5.82 Å². The van der Waals surface area contributed by atoms with E-state index in [9.17, 15) is 4.39 Å². The number of ether oxygens (including phenoxy) is 2. The van der Waals surface area contributed by atoms with Crippen molar-refractivity contribution in [1.29, 1.82) is 0 Å². The van der Waals surface area contributed by atoms with E-state index in [1.807, 2.05) is 93.2 Å². The Morgan fingerprint density at radius 3 is 1.63 bits per heavy atom. The second kappa shape index (κ2) is 16.5. The lowest BCUT2D eigenvalue weighted by Gasteiger charge is -2.12. The molecule has 4 aromatic rings. The van der Waals surface area contributed by atoms with Gasteiger partial charge in [0.1, 0.15) is 17.2 Å². The molecule has 0 bridgehead atoms. The van der Waals surface area contributed by atoms with Crippen LogP contribution in [0.5, 0.6) is 23.0 Å². The molecule has 226 valence electrons. The molecule has 43 heavy (non-hydrogen) atoms. The highest BCUT2D eigenvalue weighted by Gasteiger charge is 2.10. The maximum Gasteiger partial charge on any atom is 0.165 e. The second-order valence-corrected chi connectivity index (χ2v) is 10.5. The van der Waals surface area contributed by atoms with Gasteiger partial charge in [0.25, 0.3) is 0 Å². The summed E-state index contributed by atoms with van der Waals surface area (Å²) in [6, 6.07) is 23.1. The molecule has 0 heterocycles. The maximum atomic E-state index is 13.6. The van der Waals surface area contributed by atoms with Gasteiger partial charge in [-0.2, -0.15) is 0 Å². The lowest BCUT2D eigenvalue weighted by atomic mass is 10.2. The van der Waals surface area contributed by atoms with Crippen LogP contribution in [0.1, 0.15) is 25.0 Å². The predicted octanol–water partition coefficient (Wildman–Crippen LogP) is 10.2. The summed E-state index contributed by atoms with van der Waals surface area (Å²) in [5.74, 6) is 1.80. The summed E-state index contributed by atoms with van der Waals surface area (Å²) in [7, 11) is 3.90. The molecule has 0 N–H and O–H groups in total. The number of rotatable bonds is 10. The smallest absolute Gasteiger partial charge is 0.165 e. The average molecular weight is 624 g/mol. The van der Waals surface area contributed by atoms with Crippen molar-refractivity contribution < 1.29 is 13.9 Å². The average Bonchev–Trinajstić information content (AvgIpc) is 3.00. The summed E-state index contributed by atoms with van der Waals surface area (Å²) in [6.45, 7) is 9.70. The summed E-state index contributed by atoms with van der Waals surface area (Å²) in [5.41, 5.74) is 3.23. The summed E-state index contributed by atoms with van der Waals surface area (Å²) in [4.78, 5) is 12.7. The molecule has 0 aliphatic rings. The topological polar surface area (TPSA) is 49.7 Å². The van der Waals surface area contributed by atoms with Crippen LogP contribution in [0.25, 0.3) is 0 Å². The number of benzene rings is 4. The first-order valence-corrected chi connectivity index (χ1v) is 14.6. The summed E-state index contributed by atoms with van der Waals surface area (Å²) in [5, 5.41) is 1.03. The minimum atomic E-state index is -0.412. The molecule has 0 amide bonds. The third kappa shape index (κ3) is 10.3. The van der Waals surface area contributed by atoms with Crippen molar-refractivity contribution in [3.8, 4) is 23.0 Å². The highest BCUT2D eigenvalue weighted by molar-refractivity contribution is 6.33. The summed E-state index contributed by atoms with van der Waals surface area (Å²) < 4.78 is 25.1. The van der Waals surface area contributed by atoms with Crippen molar-refractivity contribution in [2.75, 3.05) is 27.2 Å². The quantitative estimate of drug-likeness (QED) is 0.130. The summed E-state index contributed by atoms with van der Waals surface area (Å²) >= 11 is 12.5. The van der Waals surface area contributed by atoms with Crippen LogP contribution in [0.3, 0.4) is 0 Å². The third-order valence-corrected chi connectivity index (χ3v) is 6.91. The van der Waals surface area contributed by atoms with Crippen molar-refractivity contribution in [2.45, 2.75) is 27.7 Å². The normalized spacial score (nSPS) is 10.9. The van der Waals surface area contributed by atoms with Crippen molar-refractivity contribution in [2.24, 2.45) is 9.98 Å². The van der Waals surface area contributed by atoms with E-state index in [2.05, 4.69) is 16.9 Å². The monoisotopic (exact) mass is 622 g/mol. The third-order valence-electron chi connectivity index (χ3n) is 6.30. The molecule has 0 aromatic heterocycles.